The van der Waals surface area contributed by atoms with Crippen LogP contribution in [0.4, 0.5) is 5.69 Å². The van der Waals surface area contributed by atoms with Crippen LogP contribution in [0.25, 0.3) is 0 Å². The summed E-state index contributed by atoms with van der Waals surface area (Å²) in [5.74, 6) is 0.359. The number of ether oxygens (including phenoxy) is 1. The normalized spacial score (nSPS) is 12.5. The maximum Gasteiger partial charge on any atom is 0.258 e. The largest absolute Gasteiger partial charge is 0.484 e. The van der Waals surface area contributed by atoms with Gasteiger partial charge in [0.15, 0.2) is 6.61 Å². The van der Waals surface area contributed by atoms with Crippen LogP contribution in [-0.2, 0) is 14.8 Å². The van der Waals surface area contributed by atoms with Crippen molar-refractivity contribution in [3.05, 3.63) is 24.3 Å². The van der Waals surface area contributed by atoms with Crippen LogP contribution >= 0.6 is 0 Å². The number of hydrogen-bond donors (Lipinski definition) is 1. The van der Waals surface area contributed by atoms with Crippen molar-refractivity contribution in [1.29, 1.82) is 0 Å². The second kappa shape index (κ2) is 8.76. The molecule has 1 amide bonds. The summed E-state index contributed by atoms with van der Waals surface area (Å²) in [5.41, 5.74) is 0.573. The van der Waals surface area contributed by atoms with E-state index in [1.54, 1.807) is 31.2 Å². The Morgan fingerprint density at radius 3 is 2.35 bits per heavy atom. The Morgan fingerprint density at radius 1 is 1.26 bits per heavy atom. The molecule has 1 atom stereocenters. The third-order valence-electron chi connectivity index (χ3n) is 3.31. The van der Waals surface area contributed by atoms with Gasteiger partial charge in [0.2, 0.25) is 10.0 Å². The van der Waals surface area contributed by atoms with Gasteiger partial charge in [-0.2, -0.15) is 0 Å². The zero-order valence-corrected chi connectivity index (χ0v) is 15.0. The van der Waals surface area contributed by atoms with E-state index in [-0.39, 0.29) is 18.6 Å². The molecular formula is C16H26N2O4S. The predicted molar refractivity (Wildman–Crippen MR) is 92.3 cm³/mol. The minimum atomic E-state index is -3.30. The number of sulfonamides is 1. The number of nitrogens with one attached hydrogen (secondary N) is 1. The van der Waals surface area contributed by atoms with Gasteiger partial charge in [0.1, 0.15) is 5.75 Å². The number of nitrogens with zero attached hydrogens (tertiary/aromatic N) is 1. The first-order chi connectivity index (χ1) is 10.8. The van der Waals surface area contributed by atoms with Gasteiger partial charge in [0.25, 0.3) is 5.91 Å². The van der Waals surface area contributed by atoms with E-state index in [1.165, 1.54) is 10.6 Å². The molecule has 0 aliphatic rings. The summed E-state index contributed by atoms with van der Waals surface area (Å²) in [7, 11) is -3.30. The Hall–Kier alpha value is -1.76. The molecule has 1 N–H and O–H groups in total. The quantitative estimate of drug-likeness (QED) is 0.746. The Bertz CT molecular complexity index is 599. The van der Waals surface area contributed by atoms with Crippen molar-refractivity contribution in [1.82, 2.24) is 5.32 Å². The summed E-state index contributed by atoms with van der Waals surface area (Å²) in [5, 5.41) is 2.86. The van der Waals surface area contributed by atoms with Gasteiger partial charge in [-0.15, -0.1) is 0 Å². The van der Waals surface area contributed by atoms with Gasteiger partial charge in [-0.25, -0.2) is 8.42 Å². The van der Waals surface area contributed by atoms with Crippen molar-refractivity contribution >= 4 is 21.6 Å². The number of rotatable bonds is 9. The molecule has 0 spiro atoms. The lowest BCUT2D eigenvalue weighted by Gasteiger charge is -2.20. The summed E-state index contributed by atoms with van der Waals surface area (Å²) in [6.07, 6.45) is 3.11. The third kappa shape index (κ3) is 6.48. The Balaban J connectivity index is 2.59. The summed E-state index contributed by atoms with van der Waals surface area (Å²) < 4.78 is 30.0. The van der Waals surface area contributed by atoms with Crippen molar-refractivity contribution in [2.24, 2.45) is 0 Å². The van der Waals surface area contributed by atoms with Gasteiger partial charge in [0, 0.05) is 12.6 Å². The highest BCUT2D eigenvalue weighted by Crippen LogP contribution is 2.21. The summed E-state index contributed by atoms with van der Waals surface area (Å²) in [6.45, 7) is 6.10. The molecule has 23 heavy (non-hydrogen) atoms. The SMILES string of the molecule is CCC[C@@H](C)NC(=O)COc1ccc(N(CC)S(C)(=O)=O)cc1. The Morgan fingerprint density at radius 2 is 1.87 bits per heavy atom. The lowest BCUT2D eigenvalue weighted by Crippen LogP contribution is -2.35. The summed E-state index contributed by atoms with van der Waals surface area (Å²) >= 11 is 0. The molecule has 0 aliphatic heterocycles. The van der Waals surface area contributed by atoms with E-state index in [0.29, 0.717) is 18.0 Å². The molecule has 0 aromatic heterocycles. The lowest BCUT2D eigenvalue weighted by atomic mass is 10.2. The van der Waals surface area contributed by atoms with Gasteiger partial charge in [-0.05, 0) is 44.5 Å². The summed E-state index contributed by atoms with van der Waals surface area (Å²) in [4.78, 5) is 11.7. The average molecular weight is 342 g/mol. The van der Waals surface area contributed by atoms with Crippen LogP contribution in [0.3, 0.4) is 0 Å². The zero-order valence-electron chi connectivity index (χ0n) is 14.2. The molecule has 0 bridgehead atoms. The molecule has 0 unspecified atom stereocenters. The number of anilines is 1. The van der Waals surface area contributed by atoms with Crippen LogP contribution in [-0.4, -0.2) is 39.8 Å². The molecular weight excluding hydrogens is 316 g/mol. The van der Waals surface area contributed by atoms with E-state index in [4.69, 9.17) is 4.74 Å². The smallest absolute Gasteiger partial charge is 0.258 e. The maximum absolute atomic E-state index is 11.7. The second-order valence-corrected chi connectivity index (χ2v) is 7.37. The predicted octanol–water partition coefficient (Wildman–Crippen LogP) is 2.16. The minimum absolute atomic E-state index is 0.0586. The maximum atomic E-state index is 11.7. The van der Waals surface area contributed by atoms with Gasteiger partial charge in [-0.1, -0.05) is 13.3 Å². The molecule has 7 heteroatoms. The monoisotopic (exact) mass is 342 g/mol. The van der Waals surface area contributed by atoms with Gasteiger partial charge < -0.3 is 10.1 Å². The number of carbonyl (C=O) groups is 1. The standard InChI is InChI=1S/C16H26N2O4S/c1-5-7-13(3)17-16(19)12-22-15-10-8-14(9-11-15)18(6-2)23(4,20)21/h8-11,13H,5-7,12H2,1-4H3,(H,17,19)/t13-/m1/s1. The van der Waals surface area contributed by atoms with Crippen LogP contribution in [0.15, 0.2) is 24.3 Å². The molecule has 0 saturated heterocycles. The first-order valence-electron chi connectivity index (χ1n) is 7.77. The van der Waals surface area contributed by atoms with E-state index in [9.17, 15) is 13.2 Å². The molecule has 0 heterocycles. The van der Waals surface area contributed by atoms with Gasteiger partial charge in [0.05, 0.1) is 11.9 Å². The van der Waals surface area contributed by atoms with E-state index < -0.39 is 10.0 Å². The van der Waals surface area contributed by atoms with E-state index in [2.05, 4.69) is 12.2 Å². The van der Waals surface area contributed by atoms with Crippen LogP contribution < -0.4 is 14.4 Å². The fourth-order valence-electron chi connectivity index (χ4n) is 2.29. The molecule has 0 aliphatic carbocycles. The lowest BCUT2D eigenvalue weighted by molar-refractivity contribution is -0.123. The molecule has 1 aromatic carbocycles. The fourth-order valence-corrected chi connectivity index (χ4v) is 3.26. The first-order valence-corrected chi connectivity index (χ1v) is 9.62. The van der Waals surface area contributed by atoms with Crippen molar-refractivity contribution < 1.29 is 17.9 Å². The van der Waals surface area contributed by atoms with Crippen molar-refractivity contribution in [3.63, 3.8) is 0 Å². The number of carbonyl (C=O) groups excluding carboxylic acids is 1. The van der Waals surface area contributed by atoms with E-state index >= 15 is 0 Å². The van der Waals surface area contributed by atoms with Crippen LogP contribution in [0, 0.1) is 0 Å². The zero-order chi connectivity index (χ0) is 17.5. The van der Waals surface area contributed by atoms with Crippen LogP contribution in [0.2, 0.25) is 0 Å². The van der Waals surface area contributed by atoms with Crippen molar-refractivity contribution in [2.45, 2.75) is 39.7 Å². The Labute approximate surface area is 138 Å². The highest BCUT2D eigenvalue weighted by Gasteiger charge is 2.15. The van der Waals surface area contributed by atoms with E-state index in [0.717, 1.165) is 12.8 Å². The van der Waals surface area contributed by atoms with Gasteiger partial charge in [-0.3, -0.25) is 9.10 Å². The van der Waals surface area contributed by atoms with Crippen molar-refractivity contribution in [2.75, 3.05) is 23.7 Å². The second-order valence-electron chi connectivity index (χ2n) is 5.47. The molecule has 6 nitrogen and oxygen atoms in total. The number of hydrogen-bond acceptors (Lipinski definition) is 4. The molecule has 0 saturated carbocycles. The number of benzene rings is 1. The fraction of sp³-hybridized carbons (Fsp3) is 0.562. The molecule has 130 valence electrons. The van der Waals surface area contributed by atoms with Crippen LogP contribution in [0.1, 0.15) is 33.6 Å². The topological polar surface area (TPSA) is 75.7 Å². The molecule has 0 radical (unpaired) electrons. The first kappa shape index (κ1) is 19.3. The summed E-state index contributed by atoms with van der Waals surface area (Å²) in [6, 6.07) is 6.78. The van der Waals surface area contributed by atoms with E-state index in [1.807, 2.05) is 6.92 Å². The molecule has 1 rings (SSSR count). The van der Waals surface area contributed by atoms with Gasteiger partial charge >= 0.3 is 0 Å². The third-order valence-corrected chi connectivity index (χ3v) is 4.58. The Kier molecular flexibility index (Phi) is 7.35. The number of amides is 1. The minimum Gasteiger partial charge on any atom is -0.484 e. The molecule has 1 aromatic rings. The molecule has 0 fully saturated rings. The highest BCUT2D eigenvalue weighted by atomic mass is 32.2. The van der Waals surface area contributed by atoms with Crippen LogP contribution in [0.5, 0.6) is 5.75 Å². The van der Waals surface area contributed by atoms with Crippen molar-refractivity contribution in [3.8, 4) is 5.75 Å². The average Bonchev–Trinajstić information content (AvgIpc) is 2.46. The highest BCUT2D eigenvalue weighted by molar-refractivity contribution is 7.92.